The molecule has 1 heterocycles. The lowest BCUT2D eigenvalue weighted by molar-refractivity contribution is 0.0325. The van der Waals surface area contributed by atoms with E-state index in [-0.39, 0.29) is 6.23 Å². The van der Waals surface area contributed by atoms with E-state index in [4.69, 9.17) is 0 Å². The van der Waals surface area contributed by atoms with Crippen LogP contribution in [0.5, 0.6) is 0 Å². The third-order valence-electron chi connectivity index (χ3n) is 2.45. The number of hydrogen-bond donors (Lipinski definition) is 1. The van der Waals surface area contributed by atoms with Crippen molar-refractivity contribution in [3.63, 3.8) is 0 Å². The Labute approximate surface area is 68.6 Å². The Bertz CT molecular complexity index is 111. The zero-order valence-electron chi connectivity index (χ0n) is 7.62. The van der Waals surface area contributed by atoms with Gasteiger partial charge in [0, 0.05) is 19.1 Å². The highest BCUT2D eigenvalue weighted by Crippen LogP contribution is 2.14. The van der Waals surface area contributed by atoms with Gasteiger partial charge in [-0.2, -0.15) is 0 Å². The van der Waals surface area contributed by atoms with Crippen molar-refractivity contribution >= 4 is 0 Å². The largest absolute Gasteiger partial charge is 0.379 e. The summed E-state index contributed by atoms with van der Waals surface area (Å²) in [5, 5.41) is 9.26. The molecule has 66 valence electrons. The summed E-state index contributed by atoms with van der Waals surface area (Å²) in [7, 11) is 4.19. The van der Waals surface area contributed by atoms with Gasteiger partial charge in [0.1, 0.15) is 6.23 Å². The highest BCUT2D eigenvalue weighted by Gasteiger charge is 2.25. The van der Waals surface area contributed by atoms with Gasteiger partial charge >= 0.3 is 0 Å². The Hall–Kier alpha value is -0.120. The van der Waals surface area contributed by atoms with Crippen molar-refractivity contribution in [1.82, 2.24) is 9.80 Å². The summed E-state index contributed by atoms with van der Waals surface area (Å²) < 4.78 is 0. The quantitative estimate of drug-likeness (QED) is 0.611. The zero-order valence-corrected chi connectivity index (χ0v) is 7.62. The van der Waals surface area contributed by atoms with Crippen molar-refractivity contribution < 1.29 is 5.11 Å². The van der Waals surface area contributed by atoms with Crippen molar-refractivity contribution in [3.8, 4) is 0 Å². The lowest BCUT2D eigenvalue weighted by atomic mass is 10.2. The molecule has 1 aliphatic heterocycles. The molecule has 0 aromatic rings. The summed E-state index contributed by atoms with van der Waals surface area (Å²) >= 11 is 0. The lowest BCUT2D eigenvalue weighted by Gasteiger charge is -2.21. The number of likely N-dealkylation sites (N-methyl/N-ethyl adjacent to an activating group) is 1. The van der Waals surface area contributed by atoms with Crippen LogP contribution in [0.25, 0.3) is 0 Å². The molecule has 0 spiro atoms. The minimum absolute atomic E-state index is 0.278. The van der Waals surface area contributed by atoms with Gasteiger partial charge in [-0.05, 0) is 27.4 Å². The maximum atomic E-state index is 9.26. The monoisotopic (exact) mass is 158 g/mol. The number of rotatable bonds is 2. The predicted octanol–water partition coefficient (Wildman–Crippen LogP) is -0.0394. The van der Waals surface area contributed by atoms with Crippen molar-refractivity contribution in [1.29, 1.82) is 0 Å². The average Bonchev–Trinajstić information content (AvgIpc) is 2.33. The van der Waals surface area contributed by atoms with Crippen LogP contribution in [0.2, 0.25) is 0 Å². The standard InChI is InChI=1S/C8H18N2O/c1-7(11)10-5-4-8(6-10)9(2)3/h7-8,11H,4-6H2,1-3H3. The summed E-state index contributed by atoms with van der Waals surface area (Å²) in [6, 6.07) is 0.629. The predicted molar refractivity (Wildman–Crippen MR) is 45.3 cm³/mol. The topological polar surface area (TPSA) is 26.7 Å². The second-order valence-electron chi connectivity index (χ2n) is 3.53. The Morgan fingerprint density at radius 3 is 2.45 bits per heavy atom. The molecular weight excluding hydrogens is 140 g/mol. The minimum Gasteiger partial charge on any atom is -0.379 e. The van der Waals surface area contributed by atoms with Crippen LogP contribution >= 0.6 is 0 Å². The fourth-order valence-corrected chi connectivity index (χ4v) is 1.53. The fourth-order valence-electron chi connectivity index (χ4n) is 1.53. The molecule has 0 saturated carbocycles. The normalized spacial score (nSPS) is 29.7. The van der Waals surface area contributed by atoms with E-state index < -0.39 is 0 Å². The van der Waals surface area contributed by atoms with Crippen molar-refractivity contribution in [2.24, 2.45) is 0 Å². The van der Waals surface area contributed by atoms with E-state index in [1.54, 1.807) is 0 Å². The van der Waals surface area contributed by atoms with Crippen molar-refractivity contribution in [2.75, 3.05) is 27.2 Å². The zero-order chi connectivity index (χ0) is 8.43. The Morgan fingerprint density at radius 2 is 2.18 bits per heavy atom. The molecule has 0 aromatic carbocycles. The van der Waals surface area contributed by atoms with Gasteiger partial charge in [-0.3, -0.25) is 4.90 Å². The molecule has 0 aliphatic carbocycles. The third kappa shape index (κ3) is 2.15. The fraction of sp³-hybridized carbons (Fsp3) is 1.00. The second kappa shape index (κ2) is 3.52. The van der Waals surface area contributed by atoms with E-state index in [0.29, 0.717) is 6.04 Å². The molecule has 1 fully saturated rings. The van der Waals surface area contributed by atoms with Crippen LogP contribution in [0.1, 0.15) is 13.3 Å². The number of aliphatic hydroxyl groups excluding tert-OH is 1. The second-order valence-corrected chi connectivity index (χ2v) is 3.53. The van der Waals surface area contributed by atoms with E-state index in [9.17, 15) is 5.11 Å². The van der Waals surface area contributed by atoms with Crippen LogP contribution in [0, 0.1) is 0 Å². The summed E-state index contributed by atoms with van der Waals surface area (Å²) in [6.07, 6.45) is 0.901. The number of aliphatic hydroxyl groups is 1. The van der Waals surface area contributed by atoms with Crippen molar-refractivity contribution in [2.45, 2.75) is 25.6 Å². The Morgan fingerprint density at radius 1 is 1.55 bits per heavy atom. The molecule has 1 rings (SSSR count). The Kier molecular flexibility index (Phi) is 2.87. The first-order chi connectivity index (χ1) is 5.11. The molecule has 0 amide bonds. The van der Waals surface area contributed by atoms with Gasteiger partial charge in [0.2, 0.25) is 0 Å². The molecule has 0 radical (unpaired) electrons. The van der Waals surface area contributed by atoms with E-state index in [0.717, 1.165) is 13.1 Å². The van der Waals surface area contributed by atoms with Gasteiger partial charge in [-0.25, -0.2) is 0 Å². The van der Waals surface area contributed by atoms with Crippen LogP contribution in [0.4, 0.5) is 0 Å². The van der Waals surface area contributed by atoms with Gasteiger partial charge in [0.25, 0.3) is 0 Å². The molecule has 11 heavy (non-hydrogen) atoms. The van der Waals surface area contributed by atoms with E-state index in [1.165, 1.54) is 6.42 Å². The molecule has 0 aromatic heterocycles. The molecule has 3 heteroatoms. The van der Waals surface area contributed by atoms with Crippen LogP contribution in [-0.2, 0) is 0 Å². The first kappa shape index (κ1) is 8.97. The molecule has 0 bridgehead atoms. The smallest absolute Gasteiger partial charge is 0.104 e. The molecule has 2 atom stereocenters. The lowest BCUT2D eigenvalue weighted by Crippen LogP contribution is -2.35. The molecule has 2 unspecified atom stereocenters. The van der Waals surface area contributed by atoms with Gasteiger partial charge in [-0.15, -0.1) is 0 Å². The minimum atomic E-state index is -0.278. The third-order valence-corrected chi connectivity index (χ3v) is 2.45. The van der Waals surface area contributed by atoms with Crippen LogP contribution in [0.3, 0.4) is 0 Å². The highest BCUT2D eigenvalue weighted by atomic mass is 16.3. The molecular formula is C8H18N2O. The van der Waals surface area contributed by atoms with E-state index in [2.05, 4.69) is 23.9 Å². The maximum absolute atomic E-state index is 9.26. The number of likely N-dealkylation sites (tertiary alicyclic amines) is 1. The van der Waals surface area contributed by atoms with Gasteiger partial charge in [0.05, 0.1) is 0 Å². The van der Waals surface area contributed by atoms with Gasteiger partial charge < -0.3 is 10.0 Å². The highest BCUT2D eigenvalue weighted by molar-refractivity contribution is 4.80. The van der Waals surface area contributed by atoms with Gasteiger partial charge in [-0.1, -0.05) is 0 Å². The number of hydrogen-bond acceptors (Lipinski definition) is 3. The summed E-state index contributed by atoms with van der Waals surface area (Å²) in [6.45, 7) is 3.86. The van der Waals surface area contributed by atoms with Crippen LogP contribution < -0.4 is 0 Å². The number of nitrogens with zero attached hydrogens (tertiary/aromatic N) is 2. The molecule has 1 aliphatic rings. The first-order valence-electron chi connectivity index (χ1n) is 4.20. The summed E-state index contributed by atoms with van der Waals surface area (Å²) in [5.41, 5.74) is 0. The molecule has 1 N–H and O–H groups in total. The van der Waals surface area contributed by atoms with Gasteiger partial charge in [0.15, 0.2) is 0 Å². The molecule has 1 saturated heterocycles. The summed E-state index contributed by atoms with van der Waals surface area (Å²) in [5.74, 6) is 0. The van der Waals surface area contributed by atoms with E-state index >= 15 is 0 Å². The van der Waals surface area contributed by atoms with Crippen LogP contribution in [-0.4, -0.2) is 54.4 Å². The summed E-state index contributed by atoms with van der Waals surface area (Å²) in [4.78, 5) is 4.33. The first-order valence-corrected chi connectivity index (χ1v) is 4.20. The Balaban J connectivity index is 2.35. The van der Waals surface area contributed by atoms with Crippen LogP contribution in [0.15, 0.2) is 0 Å². The molecule has 3 nitrogen and oxygen atoms in total. The van der Waals surface area contributed by atoms with E-state index in [1.807, 2.05) is 6.92 Å². The SMILES string of the molecule is CC(O)N1CCC(N(C)C)C1. The van der Waals surface area contributed by atoms with Crippen molar-refractivity contribution in [3.05, 3.63) is 0 Å². The average molecular weight is 158 g/mol. The maximum Gasteiger partial charge on any atom is 0.104 e.